The van der Waals surface area contributed by atoms with Crippen LogP contribution in [0, 0.1) is 0 Å². The summed E-state index contributed by atoms with van der Waals surface area (Å²) >= 11 is 0. The minimum atomic E-state index is -0.775. The van der Waals surface area contributed by atoms with Crippen molar-refractivity contribution in [3.05, 3.63) is 97.2 Å². The molecule has 1 unspecified atom stereocenters. The third-order valence-corrected chi connectivity index (χ3v) is 16.4. The van der Waals surface area contributed by atoms with E-state index in [1.165, 1.54) is 257 Å². The van der Waals surface area contributed by atoms with Crippen molar-refractivity contribution in [2.45, 2.75) is 380 Å². The molecular formula is C79H140O5. The Labute approximate surface area is 523 Å². The SMILES string of the molecule is CC/C=C\C/C=C\C/C=C\C/C=C\C/C=C\C/C=C\C/C=C\C/C=C\CCCCCCCCCCCCCCCCCCC(=O)OC(CO)COC(=O)CCCCCCCCCCCCCCCCCCCCCCCCCCCCCCC. The Balaban J connectivity index is 3.44. The van der Waals surface area contributed by atoms with Gasteiger partial charge in [-0.2, -0.15) is 0 Å². The van der Waals surface area contributed by atoms with Gasteiger partial charge in [-0.1, -0.05) is 381 Å². The smallest absolute Gasteiger partial charge is 0.306 e. The Morgan fingerprint density at radius 3 is 0.774 bits per heavy atom. The Kier molecular flexibility index (Phi) is 71.3. The Morgan fingerprint density at radius 2 is 0.512 bits per heavy atom. The lowest BCUT2D eigenvalue weighted by Gasteiger charge is -2.15. The molecule has 0 amide bonds. The highest BCUT2D eigenvalue weighted by atomic mass is 16.6. The molecule has 5 nitrogen and oxygen atoms in total. The van der Waals surface area contributed by atoms with E-state index in [4.69, 9.17) is 9.47 Å². The van der Waals surface area contributed by atoms with E-state index in [1.807, 2.05) is 0 Å². The molecule has 1 atom stereocenters. The number of hydrogen-bond acceptors (Lipinski definition) is 5. The second kappa shape index (κ2) is 74.1. The molecule has 0 fully saturated rings. The highest BCUT2D eigenvalue weighted by molar-refractivity contribution is 5.70. The molecular weight excluding hydrogens is 1030 g/mol. The van der Waals surface area contributed by atoms with Crippen molar-refractivity contribution in [1.82, 2.24) is 0 Å². The molecule has 0 aromatic carbocycles. The van der Waals surface area contributed by atoms with E-state index in [-0.39, 0.29) is 25.2 Å². The van der Waals surface area contributed by atoms with Crippen molar-refractivity contribution < 1.29 is 24.2 Å². The molecule has 0 spiro atoms. The van der Waals surface area contributed by atoms with Crippen LogP contribution in [0.4, 0.5) is 0 Å². The summed E-state index contributed by atoms with van der Waals surface area (Å²) in [6.45, 7) is 4.08. The van der Waals surface area contributed by atoms with Crippen LogP contribution in [0.1, 0.15) is 373 Å². The number of unbranched alkanes of at least 4 members (excludes halogenated alkanes) is 44. The number of hydrogen-bond donors (Lipinski definition) is 1. The van der Waals surface area contributed by atoms with Crippen LogP contribution in [0.3, 0.4) is 0 Å². The van der Waals surface area contributed by atoms with Gasteiger partial charge in [-0.25, -0.2) is 0 Å². The molecule has 0 aromatic heterocycles. The van der Waals surface area contributed by atoms with Crippen molar-refractivity contribution in [1.29, 1.82) is 0 Å². The Hall–Kier alpha value is -3.18. The van der Waals surface area contributed by atoms with Crippen LogP contribution in [0.15, 0.2) is 97.2 Å². The standard InChI is InChI=1S/C79H140O5/c1-3-5-7-9-11-13-15-17-19-21-23-25-27-29-31-33-34-35-36-37-38-39-40-41-42-43-44-46-48-50-52-54-56-58-60-62-64-66-68-70-72-74-79(82)84-77(75-80)76-83-78(81)73-71-69-67-65-63-61-59-57-55-53-51-49-47-45-32-30-28-26-24-22-20-18-16-14-12-10-8-6-4-2/h5,7,11,13,17,19,23,25,29,31,34-35,37-38,40-41,77,80H,3-4,6,8-10,12,14-16,18,20-22,24,26-28,30,32-33,36,39,42-76H2,1-2H3/b7-5-,13-11-,19-17-,25-23-,31-29-,35-34-,38-37-,41-40-. The van der Waals surface area contributed by atoms with Gasteiger partial charge < -0.3 is 14.6 Å². The van der Waals surface area contributed by atoms with E-state index < -0.39 is 6.10 Å². The van der Waals surface area contributed by atoms with Crippen molar-refractivity contribution in [3.8, 4) is 0 Å². The summed E-state index contributed by atoms with van der Waals surface area (Å²) in [6.07, 6.45) is 106. The molecule has 84 heavy (non-hydrogen) atoms. The summed E-state index contributed by atoms with van der Waals surface area (Å²) in [5, 5.41) is 9.71. The summed E-state index contributed by atoms with van der Waals surface area (Å²) in [4.78, 5) is 24.7. The van der Waals surface area contributed by atoms with Gasteiger partial charge in [0.2, 0.25) is 0 Å². The van der Waals surface area contributed by atoms with E-state index in [0.29, 0.717) is 12.8 Å². The molecule has 0 saturated heterocycles. The molecule has 5 heteroatoms. The van der Waals surface area contributed by atoms with Gasteiger partial charge in [0.25, 0.3) is 0 Å². The molecule has 0 saturated carbocycles. The van der Waals surface area contributed by atoms with Crippen LogP contribution < -0.4 is 0 Å². The maximum atomic E-state index is 12.4. The van der Waals surface area contributed by atoms with E-state index in [2.05, 4.69) is 111 Å². The third kappa shape index (κ3) is 71.3. The first-order chi connectivity index (χ1) is 41.6. The largest absolute Gasteiger partial charge is 0.462 e. The summed E-state index contributed by atoms with van der Waals surface area (Å²) in [7, 11) is 0. The number of aliphatic hydroxyl groups is 1. The zero-order valence-electron chi connectivity index (χ0n) is 55.9. The molecule has 0 heterocycles. The molecule has 486 valence electrons. The Bertz CT molecular complexity index is 1560. The van der Waals surface area contributed by atoms with Gasteiger partial charge in [0.1, 0.15) is 6.61 Å². The average molecular weight is 1170 g/mol. The number of rotatable bonds is 68. The number of ether oxygens (including phenoxy) is 2. The van der Waals surface area contributed by atoms with Gasteiger partial charge in [0, 0.05) is 12.8 Å². The number of allylic oxidation sites excluding steroid dienone is 16. The minimum Gasteiger partial charge on any atom is -0.462 e. The van der Waals surface area contributed by atoms with Crippen molar-refractivity contribution in [2.24, 2.45) is 0 Å². The second-order valence-corrected chi connectivity index (χ2v) is 24.7. The van der Waals surface area contributed by atoms with E-state index in [9.17, 15) is 14.7 Å². The van der Waals surface area contributed by atoms with Crippen LogP contribution >= 0.6 is 0 Å². The maximum absolute atomic E-state index is 12.4. The van der Waals surface area contributed by atoms with E-state index in [1.54, 1.807) is 0 Å². The molecule has 0 bridgehead atoms. The van der Waals surface area contributed by atoms with Crippen LogP contribution in [0.25, 0.3) is 0 Å². The van der Waals surface area contributed by atoms with Crippen molar-refractivity contribution in [2.75, 3.05) is 13.2 Å². The lowest BCUT2D eigenvalue weighted by Crippen LogP contribution is -2.28. The van der Waals surface area contributed by atoms with Gasteiger partial charge >= 0.3 is 11.9 Å². The molecule has 0 radical (unpaired) electrons. The lowest BCUT2D eigenvalue weighted by atomic mass is 10.0. The van der Waals surface area contributed by atoms with Gasteiger partial charge in [-0.3, -0.25) is 9.59 Å². The molecule has 0 aliphatic carbocycles. The maximum Gasteiger partial charge on any atom is 0.306 e. The average Bonchev–Trinajstić information content (AvgIpc) is 3.51. The summed E-state index contributed by atoms with van der Waals surface area (Å²) in [5.41, 5.74) is 0. The number of carbonyl (C=O) groups excluding carboxylic acids is 2. The summed E-state index contributed by atoms with van der Waals surface area (Å²) in [6, 6.07) is 0. The quantitative estimate of drug-likeness (QED) is 0.0373. The van der Waals surface area contributed by atoms with Gasteiger partial charge in [-0.05, 0) is 77.0 Å². The van der Waals surface area contributed by atoms with E-state index >= 15 is 0 Å². The first kappa shape index (κ1) is 80.8. The highest BCUT2D eigenvalue weighted by Gasteiger charge is 2.16. The van der Waals surface area contributed by atoms with Crippen LogP contribution in [-0.4, -0.2) is 36.4 Å². The lowest BCUT2D eigenvalue weighted by molar-refractivity contribution is -0.161. The van der Waals surface area contributed by atoms with E-state index in [0.717, 1.165) is 89.9 Å². The molecule has 1 N–H and O–H groups in total. The topological polar surface area (TPSA) is 72.8 Å². The first-order valence-corrected chi connectivity index (χ1v) is 36.8. The fourth-order valence-electron chi connectivity index (χ4n) is 10.9. The summed E-state index contributed by atoms with van der Waals surface area (Å²) in [5.74, 6) is -0.573. The van der Waals surface area contributed by atoms with Gasteiger partial charge in [0.05, 0.1) is 6.61 Å². The number of esters is 2. The fraction of sp³-hybridized carbons (Fsp3) is 0.772. The van der Waals surface area contributed by atoms with Crippen LogP contribution in [0.2, 0.25) is 0 Å². The van der Waals surface area contributed by atoms with Crippen molar-refractivity contribution in [3.63, 3.8) is 0 Å². The fourth-order valence-corrected chi connectivity index (χ4v) is 10.9. The van der Waals surface area contributed by atoms with Crippen LogP contribution in [0.5, 0.6) is 0 Å². The predicted molar refractivity (Wildman–Crippen MR) is 371 cm³/mol. The molecule has 0 aliphatic heterocycles. The predicted octanol–water partition coefficient (Wildman–Crippen LogP) is 25.8. The molecule has 0 rings (SSSR count). The first-order valence-electron chi connectivity index (χ1n) is 36.8. The van der Waals surface area contributed by atoms with Gasteiger partial charge in [0.15, 0.2) is 6.10 Å². The number of aliphatic hydroxyl groups excluding tert-OH is 1. The molecule has 0 aliphatic rings. The highest BCUT2D eigenvalue weighted by Crippen LogP contribution is 2.19. The van der Waals surface area contributed by atoms with Gasteiger partial charge in [-0.15, -0.1) is 0 Å². The van der Waals surface area contributed by atoms with Crippen LogP contribution in [-0.2, 0) is 19.1 Å². The monoisotopic (exact) mass is 1170 g/mol. The zero-order valence-corrected chi connectivity index (χ0v) is 55.9. The third-order valence-electron chi connectivity index (χ3n) is 16.4. The van der Waals surface area contributed by atoms with Crippen molar-refractivity contribution >= 4 is 11.9 Å². The Morgan fingerprint density at radius 1 is 0.286 bits per heavy atom. The number of carbonyl (C=O) groups is 2. The summed E-state index contributed by atoms with van der Waals surface area (Å²) < 4.78 is 10.8. The molecule has 0 aromatic rings. The minimum absolute atomic E-state index is 0.0630. The second-order valence-electron chi connectivity index (χ2n) is 24.7. The normalized spacial score (nSPS) is 12.8. The zero-order chi connectivity index (χ0) is 60.5.